The number of amides is 1. The van der Waals surface area contributed by atoms with Crippen LogP contribution in [0.15, 0.2) is 0 Å². The fourth-order valence-corrected chi connectivity index (χ4v) is 1.64. The second-order valence-corrected chi connectivity index (χ2v) is 3.98. The van der Waals surface area contributed by atoms with Crippen LogP contribution in [-0.2, 0) is 9.53 Å². The summed E-state index contributed by atoms with van der Waals surface area (Å²) in [5.41, 5.74) is -0.732. The maximum absolute atomic E-state index is 12.0. The molecule has 0 aromatic heterocycles. The highest BCUT2D eigenvalue weighted by atomic mass is 16.5. The number of β-amino-alcohol motifs (C(OH)–C–C–N with tert-alkyl or cyclic N) is 1. The lowest BCUT2D eigenvalue weighted by Crippen LogP contribution is -2.47. The number of rotatable bonds is 3. The van der Waals surface area contributed by atoms with Gasteiger partial charge in [0.2, 0.25) is 0 Å². The van der Waals surface area contributed by atoms with Crippen LogP contribution in [0.1, 0.15) is 26.7 Å². The Hall–Kier alpha value is -0.610. The summed E-state index contributed by atoms with van der Waals surface area (Å²) >= 11 is 0. The molecule has 1 unspecified atom stereocenters. The van der Waals surface area contributed by atoms with E-state index >= 15 is 0 Å². The SMILES string of the molecule is CCC(C)(OC)C(=O)N1CC[C@H](O)C1. The molecule has 0 aromatic carbocycles. The van der Waals surface area contributed by atoms with Crippen LogP contribution in [0, 0.1) is 0 Å². The van der Waals surface area contributed by atoms with Gasteiger partial charge in [-0.3, -0.25) is 4.79 Å². The smallest absolute Gasteiger partial charge is 0.254 e. The number of nitrogens with zero attached hydrogens (tertiary/aromatic N) is 1. The quantitative estimate of drug-likeness (QED) is 0.719. The third kappa shape index (κ3) is 2.07. The van der Waals surface area contributed by atoms with E-state index in [9.17, 15) is 9.90 Å². The van der Waals surface area contributed by atoms with Crippen LogP contribution in [0.3, 0.4) is 0 Å². The van der Waals surface area contributed by atoms with Gasteiger partial charge in [-0.05, 0) is 19.8 Å². The Morgan fingerprint density at radius 2 is 2.36 bits per heavy atom. The number of aliphatic hydroxyl groups is 1. The van der Waals surface area contributed by atoms with Gasteiger partial charge in [0, 0.05) is 20.2 Å². The standard InChI is InChI=1S/C10H19NO3/c1-4-10(2,14-3)9(13)11-6-5-8(12)7-11/h8,12H,4-7H2,1-3H3/t8-,10?/m0/s1. The van der Waals surface area contributed by atoms with Gasteiger partial charge in [0.15, 0.2) is 0 Å². The normalized spacial score (nSPS) is 26.3. The van der Waals surface area contributed by atoms with Crippen LogP contribution in [-0.4, -0.2) is 47.8 Å². The van der Waals surface area contributed by atoms with Crippen LogP contribution in [0.4, 0.5) is 0 Å². The fraction of sp³-hybridized carbons (Fsp3) is 0.900. The van der Waals surface area contributed by atoms with Crippen LogP contribution in [0.2, 0.25) is 0 Å². The molecule has 1 rings (SSSR count). The highest BCUT2D eigenvalue weighted by Gasteiger charge is 2.37. The summed E-state index contributed by atoms with van der Waals surface area (Å²) in [5, 5.41) is 9.32. The van der Waals surface area contributed by atoms with E-state index in [0.29, 0.717) is 25.9 Å². The van der Waals surface area contributed by atoms with Crippen molar-refractivity contribution in [3.8, 4) is 0 Å². The van der Waals surface area contributed by atoms with Crippen LogP contribution in [0.25, 0.3) is 0 Å². The molecule has 2 atom stereocenters. The molecule has 0 aliphatic carbocycles. The average Bonchev–Trinajstić information content (AvgIpc) is 2.62. The Balaban J connectivity index is 2.64. The number of hydrogen-bond donors (Lipinski definition) is 1. The minimum absolute atomic E-state index is 0.0148. The number of ether oxygens (including phenoxy) is 1. The van der Waals surface area contributed by atoms with E-state index in [1.54, 1.807) is 18.9 Å². The van der Waals surface area contributed by atoms with Gasteiger partial charge in [0.25, 0.3) is 5.91 Å². The lowest BCUT2D eigenvalue weighted by Gasteiger charge is -2.30. The van der Waals surface area contributed by atoms with Crippen LogP contribution >= 0.6 is 0 Å². The zero-order valence-electron chi connectivity index (χ0n) is 9.12. The second kappa shape index (κ2) is 4.28. The molecule has 1 saturated heterocycles. The van der Waals surface area contributed by atoms with Gasteiger partial charge in [-0.25, -0.2) is 0 Å². The third-order valence-corrected chi connectivity index (χ3v) is 3.03. The summed E-state index contributed by atoms with van der Waals surface area (Å²) in [6, 6.07) is 0. The Bertz CT molecular complexity index is 213. The summed E-state index contributed by atoms with van der Waals surface area (Å²) in [6.45, 7) is 4.80. The van der Waals surface area contributed by atoms with Crippen molar-refractivity contribution in [2.75, 3.05) is 20.2 Å². The van der Waals surface area contributed by atoms with E-state index in [1.807, 2.05) is 6.92 Å². The van der Waals surface area contributed by atoms with E-state index in [2.05, 4.69) is 0 Å². The minimum Gasteiger partial charge on any atom is -0.391 e. The Labute approximate surface area is 84.8 Å². The van der Waals surface area contributed by atoms with Crippen molar-refractivity contribution in [2.45, 2.75) is 38.4 Å². The molecule has 0 aromatic rings. The van der Waals surface area contributed by atoms with Gasteiger partial charge in [-0.1, -0.05) is 6.92 Å². The van der Waals surface area contributed by atoms with Gasteiger partial charge in [0.05, 0.1) is 6.10 Å². The maximum atomic E-state index is 12.0. The van der Waals surface area contributed by atoms with E-state index in [1.165, 1.54) is 0 Å². The molecule has 4 heteroatoms. The molecular formula is C10H19NO3. The van der Waals surface area contributed by atoms with Crippen molar-refractivity contribution in [1.29, 1.82) is 0 Å². The topological polar surface area (TPSA) is 49.8 Å². The number of aliphatic hydroxyl groups excluding tert-OH is 1. The second-order valence-electron chi connectivity index (χ2n) is 3.98. The van der Waals surface area contributed by atoms with Gasteiger partial charge < -0.3 is 14.7 Å². The average molecular weight is 201 g/mol. The molecule has 0 radical (unpaired) electrons. The molecule has 82 valence electrons. The number of methoxy groups -OCH3 is 1. The van der Waals surface area contributed by atoms with Crippen molar-refractivity contribution >= 4 is 5.91 Å². The zero-order valence-corrected chi connectivity index (χ0v) is 9.12. The van der Waals surface area contributed by atoms with E-state index in [0.717, 1.165) is 0 Å². The summed E-state index contributed by atoms with van der Waals surface area (Å²) in [5.74, 6) is -0.0148. The summed E-state index contributed by atoms with van der Waals surface area (Å²) < 4.78 is 5.22. The zero-order chi connectivity index (χ0) is 10.8. The van der Waals surface area contributed by atoms with Gasteiger partial charge in [-0.2, -0.15) is 0 Å². The first kappa shape index (κ1) is 11.5. The number of carbonyl (C=O) groups is 1. The Morgan fingerprint density at radius 1 is 1.71 bits per heavy atom. The van der Waals surface area contributed by atoms with Crippen LogP contribution < -0.4 is 0 Å². The maximum Gasteiger partial charge on any atom is 0.254 e. The first-order valence-corrected chi connectivity index (χ1v) is 5.06. The molecule has 1 N–H and O–H groups in total. The van der Waals surface area contributed by atoms with Gasteiger partial charge >= 0.3 is 0 Å². The monoisotopic (exact) mass is 201 g/mol. The summed E-state index contributed by atoms with van der Waals surface area (Å²) in [7, 11) is 1.55. The summed E-state index contributed by atoms with van der Waals surface area (Å²) in [6.07, 6.45) is 0.960. The van der Waals surface area contributed by atoms with E-state index < -0.39 is 5.60 Å². The van der Waals surface area contributed by atoms with Crippen molar-refractivity contribution in [1.82, 2.24) is 4.90 Å². The number of carbonyl (C=O) groups excluding carboxylic acids is 1. The molecule has 0 bridgehead atoms. The lowest BCUT2D eigenvalue weighted by molar-refractivity contribution is -0.152. The van der Waals surface area contributed by atoms with Gasteiger partial charge in [0.1, 0.15) is 5.60 Å². The highest BCUT2D eigenvalue weighted by molar-refractivity contribution is 5.85. The first-order valence-electron chi connectivity index (χ1n) is 5.06. The van der Waals surface area contributed by atoms with Gasteiger partial charge in [-0.15, -0.1) is 0 Å². The van der Waals surface area contributed by atoms with E-state index in [-0.39, 0.29) is 12.0 Å². The minimum atomic E-state index is -0.732. The third-order valence-electron chi connectivity index (χ3n) is 3.03. The van der Waals surface area contributed by atoms with Crippen molar-refractivity contribution in [3.63, 3.8) is 0 Å². The van der Waals surface area contributed by atoms with Crippen molar-refractivity contribution in [2.24, 2.45) is 0 Å². The molecule has 1 fully saturated rings. The molecule has 4 nitrogen and oxygen atoms in total. The molecule has 0 spiro atoms. The predicted octanol–water partition coefficient (Wildman–Crippen LogP) is 0.395. The molecule has 0 saturated carbocycles. The predicted molar refractivity (Wildman–Crippen MR) is 52.9 cm³/mol. The molecule has 1 heterocycles. The van der Waals surface area contributed by atoms with Crippen molar-refractivity contribution < 1.29 is 14.6 Å². The lowest BCUT2D eigenvalue weighted by atomic mass is 10.0. The Kier molecular flexibility index (Phi) is 3.50. The number of hydrogen-bond acceptors (Lipinski definition) is 3. The molecular weight excluding hydrogens is 182 g/mol. The Morgan fingerprint density at radius 3 is 2.71 bits per heavy atom. The highest BCUT2D eigenvalue weighted by Crippen LogP contribution is 2.20. The molecule has 14 heavy (non-hydrogen) atoms. The van der Waals surface area contributed by atoms with Crippen molar-refractivity contribution in [3.05, 3.63) is 0 Å². The largest absolute Gasteiger partial charge is 0.391 e. The molecule has 1 aliphatic heterocycles. The molecule has 1 amide bonds. The van der Waals surface area contributed by atoms with E-state index in [4.69, 9.17) is 4.74 Å². The number of likely N-dealkylation sites (tertiary alicyclic amines) is 1. The van der Waals surface area contributed by atoms with Crippen LogP contribution in [0.5, 0.6) is 0 Å². The fourth-order valence-electron chi connectivity index (χ4n) is 1.64. The molecule has 1 aliphatic rings. The first-order chi connectivity index (χ1) is 6.53. The summed E-state index contributed by atoms with van der Waals surface area (Å²) in [4.78, 5) is 13.6.